The van der Waals surface area contributed by atoms with Crippen molar-refractivity contribution >= 4 is 27.4 Å². The lowest BCUT2D eigenvalue weighted by molar-refractivity contribution is -0.133. The van der Waals surface area contributed by atoms with Gasteiger partial charge in [-0.3, -0.25) is 4.79 Å². The lowest BCUT2D eigenvalue weighted by Crippen LogP contribution is -2.45. The molecule has 0 aliphatic carbocycles. The van der Waals surface area contributed by atoms with Crippen molar-refractivity contribution in [3.05, 3.63) is 18.2 Å². The molecule has 1 aromatic rings. The number of benzene rings is 1. The minimum Gasteiger partial charge on any atom is -0.423 e. The molecule has 1 aromatic carbocycles. The quantitative estimate of drug-likeness (QED) is 0.504. The van der Waals surface area contributed by atoms with Gasteiger partial charge in [-0.05, 0) is 25.5 Å². The van der Waals surface area contributed by atoms with Crippen LogP contribution in [0.3, 0.4) is 0 Å². The maximum Gasteiger partial charge on any atom is 0.331 e. The van der Waals surface area contributed by atoms with E-state index in [2.05, 4.69) is 6.92 Å². The third-order valence-corrected chi connectivity index (χ3v) is 6.13. The van der Waals surface area contributed by atoms with E-state index in [1.165, 1.54) is 12.1 Å². The minimum atomic E-state index is -3.40. The number of anilines is 1. The van der Waals surface area contributed by atoms with Crippen LogP contribution in [0.4, 0.5) is 5.69 Å². The summed E-state index contributed by atoms with van der Waals surface area (Å²) < 4.78 is 29.3. The third kappa shape index (κ3) is 4.55. The second-order valence-corrected chi connectivity index (χ2v) is 8.47. The first kappa shape index (κ1) is 20.2. The first-order valence-electron chi connectivity index (χ1n) is 8.92. The molecule has 0 fully saturated rings. The molecule has 1 aliphatic heterocycles. The summed E-state index contributed by atoms with van der Waals surface area (Å²) in [7, 11) is -3.40. The van der Waals surface area contributed by atoms with Gasteiger partial charge in [0.05, 0.1) is 22.9 Å². The zero-order chi connectivity index (χ0) is 19.3. The summed E-state index contributed by atoms with van der Waals surface area (Å²) >= 11 is 0. The van der Waals surface area contributed by atoms with Crippen LogP contribution >= 0.6 is 0 Å². The molecule has 144 valence electrons. The smallest absolute Gasteiger partial charge is 0.331 e. The summed E-state index contributed by atoms with van der Waals surface area (Å²) in [6.45, 7) is 6.86. The van der Waals surface area contributed by atoms with E-state index in [4.69, 9.17) is 4.74 Å². The SMILES string of the molecule is CCCCN(CC)C(=O)CN1CC(=O)Oc2cc(S(=O)(=O)CC)ccc21. The summed E-state index contributed by atoms with van der Waals surface area (Å²) in [6, 6.07) is 4.44. The summed E-state index contributed by atoms with van der Waals surface area (Å²) in [6.07, 6.45) is 1.92. The van der Waals surface area contributed by atoms with Crippen molar-refractivity contribution in [2.75, 3.05) is 36.8 Å². The molecule has 1 aliphatic rings. The number of fused-ring (bicyclic) bond motifs is 1. The van der Waals surface area contributed by atoms with E-state index in [1.54, 1.807) is 22.8 Å². The molecule has 2 rings (SSSR count). The van der Waals surface area contributed by atoms with Crippen molar-refractivity contribution in [2.24, 2.45) is 0 Å². The Morgan fingerprint density at radius 1 is 1.27 bits per heavy atom. The minimum absolute atomic E-state index is 0.0369. The first-order chi connectivity index (χ1) is 12.3. The highest BCUT2D eigenvalue weighted by molar-refractivity contribution is 7.91. The Morgan fingerprint density at radius 3 is 2.62 bits per heavy atom. The van der Waals surface area contributed by atoms with E-state index >= 15 is 0 Å². The number of hydrogen-bond acceptors (Lipinski definition) is 6. The standard InChI is InChI=1S/C18H26N2O5S/c1-4-7-10-19(5-2)17(21)12-20-13-18(22)25-16-11-14(8-9-15(16)20)26(23,24)6-3/h8-9,11H,4-7,10,12-13H2,1-3H3. The molecule has 0 spiro atoms. The number of rotatable bonds is 8. The van der Waals surface area contributed by atoms with Crippen LogP contribution < -0.4 is 9.64 Å². The Morgan fingerprint density at radius 2 is 2.00 bits per heavy atom. The highest BCUT2D eigenvalue weighted by Crippen LogP contribution is 2.34. The maximum absolute atomic E-state index is 12.6. The van der Waals surface area contributed by atoms with Gasteiger partial charge in [0.25, 0.3) is 0 Å². The van der Waals surface area contributed by atoms with Crippen molar-refractivity contribution < 1.29 is 22.7 Å². The number of carbonyl (C=O) groups excluding carboxylic acids is 2. The highest BCUT2D eigenvalue weighted by atomic mass is 32.2. The number of esters is 1. The van der Waals surface area contributed by atoms with E-state index in [9.17, 15) is 18.0 Å². The average Bonchev–Trinajstić information content (AvgIpc) is 2.61. The van der Waals surface area contributed by atoms with E-state index in [0.717, 1.165) is 12.8 Å². The molecule has 0 saturated carbocycles. The van der Waals surface area contributed by atoms with E-state index in [1.807, 2.05) is 6.92 Å². The predicted octanol–water partition coefficient (Wildman–Crippen LogP) is 1.85. The molecule has 0 bridgehead atoms. The summed E-state index contributed by atoms with van der Waals surface area (Å²) in [5.74, 6) is -0.426. The number of hydrogen-bond donors (Lipinski definition) is 0. The molecule has 0 saturated heterocycles. The second-order valence-electron chi connectivity index (χ2n) is 6.19. The Labute approximate surface area is 154 Å². The average molecular weight is 382 g/mol. The Balaban J connectivity index is 2.25. The number of unbranched alkanes of at least 4 members (excludes halogenated alkanes) is 1. The number of ether oxygens (including phenoxy) is 1. The molecule has 1 amide bonds. The molecule has 0 unspecified atom stereocenters. The third-order valence-electron chi connectivity index (χ3n) is 4.40. The molecule has 0 N–H and O–H groups in total. The van der Waals surface area contributed by atoms with Gasteiger partial charge in [-0.25, -0.2) is 13.2 Å². The summed E-state index contributed by atoms with van der Waals surface area (Å²) in [4.78, 5) is 28.0. The van der Waals surface area contributed by atoms with Gasteiger partial charge in [0, 0.05) is 19.2 Å². The molecule has 0 aromatic heterocycles. The van der Waals surface area contributed by atoms with Crippen molar-refractivity contribution in [1.82, 2.24) is 4.90 Å². The molecule has 7 nitrogen and oxygen atoms in total. The molecule has 8 heteroatoms. The van der Waals surface area contributed by atoms with Gasteiger partial charge in [-0.15, -0.1) is 0 Å². The van der Waals surface area contributed by atoms with E-state index in [0.29, 0.717) is 18.8 Å². The van der Waals surface area contributed by atoms with Gasteiger partial charge in [-0.2, -0.15) is 0 Å². The van der Waals surface area contributed by atoms with Crippen LogP contribution in [0, 0.1) is 0 Å². The van der Waals surface area contributed by atoms with Crippen molar-refractivity contribution in [3.63, 3.8) is 0 Å². The van der Waals surface area contributed by atoms with Crippen molar-refractivity contribution in [3.8, 4) is 5.75 Å². The van der Waals surface area contributed by atoms with Crippen LogP contribution in [-0.4, -0.2) is 57.1 Å². The lowest BCUT2D eigenvalue weighted by Gasteiger charge is -2.31. The number of sulfone groups is 1. The van der Waals surface area contributed by atoms with E-state index < -0.39 is 15.8 Å². The molecule has 26 heavy (non-hydrogen) atoms. The normalized spacial score (nSPS) is 14.0. The number of likely N-dealkylation sites (N-methyl/N-ethyl adjacent to an activating group) is 1. The Hall–Kier alpha value is -2.09. The van der Waals surface area contributed by atoms with Gasteiger partial charge < -0.3 is 14.5 Å². The fourth-order valence-electron chi connectivity index (χ4n) is 2.81. The summed E-state index contributed by atoms with van der Waals surface area (Å²) in [5, 5.41) is 0. The van der Waals surface area contributed by atoms with Gasteiger partial charge >= 0.3 is 5.97 Å². The topological polar surface area (TPSA) is 84.0 Å². The fraction of sp³-hybridized carbons (Fsp3) is 0.556. The molecule has 0 atom stereocenters. The monoisotopic (exact) mass is 382 g/mol. The van der Waals surface area contributed by atoms with Gasteiger partial charge in [-0.1, -0.05) is 20.3 Å². The molecule has 1 heterocycles. The van der Waals surface area contributed by atoms with Crippen LogP contribution in [-0.2, 0) is 19.4 Å². The summed E-state index contributed by atoms with van der Waals surface area (Å²) in [5.41, 5.74) is 0.555. The van der Waals surface area contributed by atoms with Crippen LogP contribution in [0.1, 0.15) is 33.6 Å². The fourth-order valence-corrected chi connectivity index (χ4v) is 3.70. The Bertz CT molecular complexity index is 776. The predicted molar refractivity (Wildman–Crippen MR) is 99.2 cm³/mol. The largest absolute Gasteiger partial charge is 0.423 e. The lowest BCUT2D eigenvalue weighted by atomic mass is 10.2. The molecular formula is C18H26N2O5S. The number of carbonyl (C=O) groups is 2. The van der Waals surface area contributed by atoms with Gasteiger partial charge in [0.2, 0.25) is 5.91 Å². The van der Waals surface area contributed by atoms with Crippen LogP contribution in [0.15, 0.2) is 23.1 Å². The molecular weight excluding hydrogens is 356 g/mol. The molecule has 0 radical (unpaired) electrons. The zero-order valence-corrected chi connectivity index (χ0v) is 16.3. The first-order valence-corrected chi connectivity index (χ1v) is 10.6. The van der Waals surface area contributed by atoms with Crippen molar-refractivity contribution in [1.29, 1.82) is 0 Å². The maximum atomic E-state index is 12.6. The van der Waals surface area contributed by atoms with Crippen LogP contribution in [0.2, 0.25) is 0 Å². The zero-order valence-electron chi connectivity index (χ0n) is 15.5. The van der Waals surface area contributed by atoms with Crippen LogP contribution in [0.5, 0.6) is 5.75 Å². The Kier molecular flexibility index (Phi) is 6.63. The second kappa shape index (κ2) is 8.53. The highest BCUT2D eigenvalue weighted by Gasteiger charge is 2.28. The van der Waals surface area contributed by atoms with Crippen LogP contribution in [0.25, 0.3) is 0 Å². The van der Waals surface area contributed by atoms with Crippen molar-refractivity contribution in [2.45, 2.75) is 38.5 Å². The van der Waals surface area contributed by atoms with Gasteiger partial charge in [0.1, 0.15) is 6.54 Å². The number of nitrogens with zero attached hydrogens (tertiary/aromatic N) is 2. The van der Waals surface area contributed by atoms with E-state index in [-0.39, 0.29) is 35.4 Å². The van der Waals surface area contributed by atoms with Gasteiger partial charge in [0.15, 0.2) is 15.6 Å². The number of amides is 1.